The van der Waals surface area contributed by atoms with Crippen molar-refractivity contribution in [1.29, 1.82) is 0 Å². The molecule has 0 radical (unpaired) electrons. The second kappa shape index (κ2) is 5.58. The van der Waals surface area contributed by atoms with Crippen LogP contribution in [0.2, 0.25) is 0 Å². The summed E-state index contributed by atoms with van der Waals surface area (Å²) in [6, 6.07) is 3.78. The van der Waals surface area contributed by atoms with E-state index in [2.05, 4.69) is 11.9 Å². The first-order valence-electron chi connectivity index (χ1n) is 4.45. The third kappa shape index (κ3) is 3.37. The summed E-state index contributed by atoms with van der Waals surface area (Å²) in [4.78, 5) is 4.27. The van der Waals surface area contributed by atoms with E-state index in [4.69, 9.17) is 5.73 Å². The number of hydrogen-bond donors (Lipinski definition) is 1. The summed E-state index contributed by atoms with van der Waals surface area (Å²) < 4.78 is 0. The first-order chi connectivity index (χ1) is 5.72. The highest BCUT2D eigenvalue weighted by atomic mass is 14.7. The Morgan fingerprint density at radius 3 is 2.33 bits per heavy atom. The molecule has 1 heterocycles. The number of rotatable bonds is 1. The maximum Gasteiger partial charge on any atom is 0.0424 e. The molecule has 0 aromatic carbocycles. The Balaban J connectivity index is 0.000000561. The minimum absolute atomic E-state index is 0.810. The summed E-state index contributed by atoms with van der Waals surface area (Å²) in [5, 5.41) is 0. The normalized spacial score (nSPS) is 8.67. The summed E-state index contributed by atoms with van der Waals surface area (Å²) in [5.41, 5.74) is 8.47. The first kappa shape index (κ1) is 11.0. The number of aromatic nitrogens is 1. The average molecular weight is 166 g/mol. The number of hydrogen-bond acceptors (Lipinski definition) is 2. The molecule has 2 nitrogen and oxygen atoms in total. The molecule has 0 aliphatic heterocycles. The van der Waals surface area contributed by atoms with Crippen molar-refractivity contribution in [2.45, 2.75) is 34.1 Å². The average Bonchev–Trinajstić information content (AvgIpc) is 2.06. The van der Waals surface area contributed by atoms with E-state index < -0.39 is 0 Å². The van der Waals surface area contributed by atoms with Gasteiger partial charge in [-0.25, -0.2) is 0 Å². The van der Waals surface area contributed by atoms with Gasteiger partial charge < -0.3 is 5.73 Å². The summed E-state index contributed by atoms with van der Waals surface area (Å²) in [6.07, 6.45) is 0.950. The molecule has 0 aliphatic rings. The number of nitrogens with zero attached hydrogens (tertiary/aromatic N) is 1. The minimum atomic E-state index is 0.810. The highest BCUT2D eigenvalue weighted by Gasteiger charge is 1.93. The first-order valence-corrected chi connectivity index (χ1v) is 4.45. The fourth-order valence-corrected chi connectivity index (χ4v) is 0.947. The van der Waals surface area contributed by atoms with Crippen LogP contribution in [0.4, 0.5) is 5.69 Å². The molecule has 0 amide bonds. The second-order valence-corrected chi connectivity index (χ2v) is 2.39. The van der Waals surface area contributed by atoms with Crippen LogP contribution in [0.3, 0.4) is 0 Å². The fraction of sp³-hybridized carbons (Fsp3) is 0.500. The van der Waals surface area contributed by atoms with Gasteiger partial charge in [-0.15, -0.1) is 0 Å². The Labute approximate surface area is 74.8 Å². The number of nitrogen functional groups attached to an aromatic ring is 1. The predicted octanol–water partition coefficient (Wildman–Crippen LogP) is 2.56. The molecule has 1 aromatic heterocycles. The van der Waals surface area contributed by atoms with Crippen molar-refractivity contribution in [2.24, 2.45) is 0 Å². The molecular weight excluding hydrogens is 148 g/mol. The number of aryl methyl sites for hydroxylation is 2. The molecule has 12 heavy (non-hydrogen) atoms. The number of anilines is 1. The summed E-state index contributed by atoms with van der Waals surface area (Å²) in [5.74, 6) is 0. The van der Waals surface area contributed by atoms with Crippen LogP contribution >= 0.6 is 0 Å². The van der Waals surface area contributed by atoms with Gasteiger partial charge in [0.25, 0.3) is 0 Å². The van der Waals surface area contributed by atoms with E-state index in [1.165, 1.54) is 0 Å². The van der Waals surface area contributed by atoms with Gasteiger partial charge in [-0.1, -0.05) is 20.8 Å². The lowest BCUT2D eigenvalue weighted by molar-refractivity contribution is 1.01. The molecule has 0 fully saturated rings. The molecule has 0 atom stereocenters. The Morgan fingerprint density at radius 2 is 1.92 bits per heavy atom. The lowest BCUT2D eigenvalue weighted by atomic mass is 10.2. The van der Waals surface area contributed by atoms with Crippen molar-refractivity contribution in [3.8, 4) is 0 Å². The van der Waals surface area contributed by atoms with Gasteiger partial charge in [0.2, 0.25) is 0 Å². The maximum atomic E-state index is 5.60. The van der Waals surface area contributed by atoms with Gasteiger partial charge in [-0.3, -0.25) is 4.98 Å². The molecule has 0 unspecified atom stereocenters. The van der Waals surface area contributed by atoms with Crippen LogP contribution in [-0.4, -0.2) is 4.98 Å². The van der Waals surface area contributed by atoms with E-state index in [1.807, 2.05) is 32.9 Å². The van der Waals surface area contributed by atoms with Crippen molar-refractivity contribution >= 4 is 5.69 Å². The number of nitrogens with two attached hydrogens (primary N) is 1. The number of pyridine rings is 1. The third-order valence-corrected chi connectivity index (χ3v) is 1.39. The molecule has 1 rings (SSSR count). The monoisotopic (exact) mass is 166 g/mol. The van der Waals surface area contributed by atoms with E-state index >= 15 is 0 Å². The molecule has 1 aromatic rings. The van der Waals surface area contributed by atoms with Crippen molar-refractivity contribution < 1.29 is 0 Å². The Bertz CT molecular complexity index is 211. The van der Waals surface area contributed by atoms with Crippen LogP contribution in [0.1, 0.15) is 32.2 Å². The van der Waals surface area contributed by atoms with E-state index in [1.54, 1.807) is 0 Å². The zero-order valence-corrected chi connectivity index (χ0v) is 8.39. The van der Waals surface area contributed by atoms with Crippen LogP contribution in [0.25, 0.3) is 0 Å². The lowest BCUT2D eigenvalue weighted by Gasteiger charge is -1.99. The zero-order chi connectivity index (χ0) is 9.56. The molecule has 0 saturated carbocycles. The van der Waals surface area contributed by atoms with Crippen LogP contribution in [0.15, 0.2) is 12.1 Å². The molecule has 0 saturated heterocycles. The lowest BCUT2D eigenvalue weighted by Crippen LogP contribution is -1.93. The van der Waals surface area contributed by atoms with E-state index in [-0.39, 0.29) is 0 Å². The second-order valence-electron chi connectivity index (χ2n) is 2.39. The van der Waals surface area contributed by atoms with Crippen LogP contribution < -0.4 is 5.73 Å². The molecular formula is C10H18N2. The van der Waals surface area contributed by atoms with Gasteiger partial charge in [0, 0.05) is 17.1 Å². The zero-order valence-electron chi connectivity index (χ0n) is 8.39. The quantitative estimate of drug-likeness (QED) is 0.696. The van der Waals surface area contributed by atoms with Crippen LogP contribution in [0, 0.1) is 6.92 Å². The molecule has 68 valence electrons. The topological polar surface area (TPSA) is 38.9 Å². The van der Waals surface area contributed by atoms with Gasteiger partial charge >= 0.3 is 0 Å². The van der Waals surface area contributed by atoms with Crippen molar-refractivity contribution in [3.63, 3.8) is 0 Å². The summed E-state index contributed by atoms with van der Waals surface area (Å²) >= 11 is 0. The fourth-order valence-electron chi connectivity index (χ4n) is 0.947. The molecule has 2 heteroatoms. The summed E-state index contributed by atoms with van der Waals surface area (Å²) in [6.45, 7) is 8.02. The minimum Gasteiger partial charge on any atom is -0.399 e. The predicted molar refractivity (Wildman–Crippen MR) is 54.1 cm³/mol. The van der Waals surface area contributed by atoms with E-state index in [9.17, 15) is 0 Å². The van der Waals surface area contributed by atoms with E-state index in [0.29, 0.717) is 0 Å². The van der Waals surface area contributed by atoms with Crippen molar-refractivity contribution in [1.82, 2.24) is 4.98 Å². The smallest absolute Gasteiger partial charge is 0.0424 e. The standard InChI is InChI=1S/C8H12N2.C2H6/c1-3-8-5-7(9)4-6(2)10-8;1-2/h4-5H,3H2,1-2H3,(H2,9,10);1-2H3. The van der Waals surface area contributed by atoms with Crippen LogP contribution in [0.5, 0.6) is 0 Å². The molecule has 0 aliphatic carbocycles. The highest BCUT2D eigenvalue weighted by Crippen LogP contribution is 2.06. The van der Waals surface area contributed by atoms with Gasteiger partial charge in [-0.05, 0) is 25.5 Å². The van der Waals surface area contributed by atoms with E-state index in [0.717, 1.165) is 23.5 Å². The SMILES string of the molecule is CC.CCc1cc(N)cc(C)n1. The van der Waals surface area contributed by atoms with Gasteiger partial charge in [-0.2, -0.15) is 0 Å². The largest absolute Gasteiger partial charge is 0.399 e. The maximum absolute atomic E-state index is 5.60. The third-order valence-electron chi connectivity index (χ3n) is 1.39. The van der Waals surface area contributed by atoms with Crippen molar-refractivity contribution in [2.75, 3.05) is 5.73 Å². The van der Waals surface area contributed by atoms with Crippen molar-refractivity contribution in [3.05, 3.63) is 23.5 Å². The van der Waals surface area contributed by atoms with Crippen LogP contribution in [-0.2, 0) is 6.42 Å². The van der Waals surface area contributed by atoms with Gasteiger partial charge in [0.05, 0.1) is 0 Å². The molecule has 0 bridgehead atoms. The molecule has 2 N–H and O–H groups in total. The summed E-state index contributed by atoms with van der Waals surface area (Å²) in [7, 11) is 0. The molecule has 0 spiro atoms. The van der Waals surface area contributed by atoms with Gasteiger partial charge in [0.1, 0.15) is 0 Å². The Kier molecular flexibility index (Phi) is 5.09. The highest BCUT2D eigenvalue weighted by molar-refractivity contribution is 5.39. The Morgan fingerprint density at radius 1 is 1.33 bits per heavy atom. The Hall–Kier alpha value is -1.05. The van der Waals surface area contributed by atoms with Gasteiger partial charge in [0.15, 0.2) is 0 Å².